The average molecular weight is 329 g/mol. The molecular weight excluding hydrogens is 308 g/mol. The Labute approximate surface area is 123 Å². The Morgan fingerprint density at radius 3 is 2.47 bits per heavy atom. The molecule has 0 aromatic heterocycles. The van der Waals surface area contributed by atoms with E-state index in [1.54, 1.807) is 6.07 Å². The molecule has 0 saturated carbocycles. The van der Waals surface area contributed by atoms with Crippen molar-refractivity contribution in [1.82, 2.24) is 4.90 Å². The molecule has 19 heavy (non-hydrogen) atoms. The van der Waals surface area contributed by atoms with Crippen LogP contribution in [-0.4, -0.2) is 49.7 Å². The number of aromatic carboxylic acids is 1. The van der Waals surface area contributed by atoms with Gasteiger partial charge in [-0.3, -0.25) is 0 Å². The minimum Gasteiger partial charge on any atom is -0.478 e. The van der Waals surface area contributed by atoms with E-state index >= 15 is 0 Å². The van der Waals surface area contributed by atoms with E-state index in [0.29, 0.717) is 5.56 Å². The lowest BCUT2D eigenvalue weighted by Crippen LogP contribution is -2.33. The van der Waals surface area contributed by atoms with Gasteiger partial charge in [0.05, 0.1) is 11.3 Å². The zero-order chi connectivity index (χ0) is 14.4. The predicted octanol–water partition coefficient (Wildman–Crippen LogP) is 2.93. The molecule has 0 radical (unpaired) electrons. The molecule has 0 bridgehead atoms. The van der Waals surface area contributed by atoms with Crippen molar-refractivity contribution in [3.63, 3.8) is 0 Å². The highest BCUT2D eigenvalue weighted by Gasteiger charge is 2.16. The third-order valence-corrected chi connectivity index (χ3v) is 3.33. The van der Waals surface area contributed by atoms with E-state index in [4.69, 9.17) is 0 Å². The van der Waals surface area contributed by atoms with Crippen LogP contribution in [0.25, 0.3) is 0 Å². The number of rotatable bonds is 7. The molecule has 1 rings (SSSR count). The standard InChI is InChI=1S/C14H21BrN2O2/c1-4-7-17(9-8-16(2)3)13-6-5-11(15)10-12(13)14(18)19/h5-6,10H,4,7-9H2,1-3H3,(H,18,19). The molecule has 0 aliphatic rings. The van der Waals surface area contributed by atoms with Crippen molar-refractivity contribution in [1.29, 1.82) is 0 Å². The van der Waals surface area contributed by atoms with Crippen LogP contribution in [0.5, 0.6) is 0 Å². The molecule has 0 atom stereocenters. The van der Waals surface area contributed by atoms with Gasteiger partial charge in [-0.2, -0.15) is 0 Å². The van der Waals surface area contributed by atoms with Crippen LogP contribution in [0.3, 0.4) is 0 Å². The number of hydrogen-bond acceptors (Lipinski definition) is 3. The van der Waals surface area contributed by atoms with Gasteiger partial charge in [-0.05, 0) is 38.7 Å². The van der Waals surface area contributed by atoms with E-state index in [-0.39, 0.29) is 0 Å². The van der Waals surface area contributed by atoms with Gasteiger partial charge >= 0.3 is 5.97 Å². The van der Waals surface area contributed by atoms with Gasteiger partial charge in [-0.1, -0.05) is 22.9 Å². The summed E-state index contributed by atoms with van der Waals surface area (Å²) in [5.41, 5.74) is 1.14. The van der Waals surface area contributed by atoms with Gasteiger partial charge in [0.15, 0.2) is 0 Å². The van der Waals surface area contributed by atoms with E-state index < -0.39 is 5.97 Å². The molecule has 1 aromatic carbocycles. The molecule has 0 aliphatic heterocycles. The molecule has 4 nitrogen and oxygen atoms in total. The number of carboxylic acid groups (broad SMARTS) is 1. The molecular formula is C14H21BrN2O2. The minimum atomic E-state index is -0.887. The fourth-order valence-electron chi connectivity index (χ4n) is 1.90. The molecule has 5 heteroatoms. The van der Waals surface area contributed by atoms with Crippen molar-refractivity contribution in [2.75, 3.05) is 38.6 Å². The number of anilines is 1. The Hall–Kier alpha value is -1.07. The quantitative estimate of drug-likeness (QED) is 0.835. The highest BCUT2D eigenvalue weighted by molar-refractivity contribution is 9.10. The fraction of sp³-hybridized carbons (Fsp3) is 0.500. The van der Waals surface area contributed by atoms with Gasteiger partial charge in [0.2, 0.25) is 0 Å². The monoisotopic (exact) mass is 328 g/mol. The summed E-state index contributed by atoms with van der Waals surface area (Å²) in [5.74, 6) is -0.887. The van der Waals surface area contributed by atoms with Crippen molar-refractivity contribution in [2.24, 2.45) is 0 Å². The molecule has 106 valence electrons. The predicted molar refractivity (Wildman–Crippen MR) is 82.2 cm³/mol. The van der Waals surface area contributed by atoms with E-state index in [1.807, 2.05) is 26.2 Å². The SMILES string of the molecule is CCCN(CCN(C)C)c1ccc(Br)cc1C(=O)O. The van der Waals surface area contributed by atoms with Crippen LogP contribution in [0.1, 0.15) is 23.7 Å². The van der Waals surface area contributed by atoms with Crippen LogP contribution in [0.2, 0.25) is 0 Å². The summed E-state index contributed by atoms with van der Waals surface area (Å²) in [6.45, 7) is 4.68. The summed E-state index contributed by atoms with van der Waals surface area (Å²) in [4.78, 5) is 15.6. The molecule has 1 aromatic rings. The van der Waals surface area contributed by atoms with Gasteiger partial charge in [0, 0.05) is 24.1 Å². The summed E-state index contributed by atoms with van der Waals surface area (Å²) in [5, 5.41) is 9.33. The maximum absolute atomic E-state index is 11.4. The molecule has 0 fully saturated rings. The fourth-order valence-corrected chi connectivity index (χ4v) is 2.26. The average Bonchev–Trinajstić information content (AvgIpc) is 2.34. The first-order chi connectivity index (χ1) is 8.95. The first-order valence-electron chi connectivity index (χ1n) is 6.38. The van der Waals surface area contributed by atoms with E-state index in [1.165, 1.54) is 0 Å². The van der Waals surface area contributed by atoms with E-state index in [2.05, 4.69) is 32.7 Å². The summed E-state index contributed by atoms with van der Waals surface area (Å²) in [6.07, 6.45) is 0.989. The highest BCUT2D eigenvalue weighted by atomic mass is 79.9. The molecule has 0 heterocycles. The first kappa shape index (κ1) is 16.0. The summed E-state index contributed by atoms with van der Waals surface area (Å²) >= 11 is 3.32. The molecule has 0 unspecified atom stereocenters. The van der Waals surface area contributed by atoms with E-state index in [9.17, 15) is 9.90 Å². The van der Waals surface area contributed by atoms with Gasteiger partial charge in [0.25, 0.3) is 0 Å². The van der Waals surface area contributed by atoms with Crippen LogP contribution < -0.4 is 4.90 Å². The molecule has 0 spiro atoms. The number of carbonyl (C=O) groups is 1. The summed E-state index contributed by atoms with van der Waals surface area (Å²) < 4.78 is 0.790. The van der Waals surface area contributed by atoms with Gasteiger partial charge in [-0.25, -0.2) is 4.79 Å². The van der Waals surface area contributed by atoms with Gasteiger partial charge in [-0.15, -0.1) is 0 Å². The molecule has 1 N–H and O–H groups in total. The lowest BCUT2D eigenvalue weighted by atomic mass is 10.1. The number of likely N-dealkylation sites (N-methyl/N-ethyl adjacent to an activating group) is 1. The van der Waals surface area contributed by atoms with Crippen LogP contribution in [0, 0.1) is 0 Å². The zero-order valence-electron chi connectivity index (χ0n) is 11.7. The highest BCUT2D eigenvalue weighted by Crippen LogP contribution is 2.25. The Bertz CT molecular complexity index is 435. The lowest BCUT2D eigenvalue weighted by molar-refractivity contribution is 0.0697. The van der Waals surface area contributed by atoms with E-state index in [0.717, 1.165) is 36.2 Å². The second kappa shape index (κ2) is 7.50. The van der Waals surface area contributed by atoms with Crippen molar-refractivity contribution in [2.45, 2.75) is 13.3 Å². The largest absolute Gasteiger partial charge is 0.478 e. The van der Waals surface area contributed by atoms with Gasteiger partial charge < -0.3 is 14.9 Å². The Kier molecular flexibility index (Phi) is 6.31. The number of carboxylic acids is 1. The third-order valence-electron chi connectivity index (χ3n) is 2.84. The lowest BCUT2D eigenvalue weighted by Gasteiger charge is -2.27. The van der Waals surface area contributed by atoms with Crippen molar-refractivity contribution < 1.29 is 9.90 Å². The maximum Gasteiger partial charge on any atom is 0.337 e. The second-order valence-corrected chi connectivity index (χ2v) is 5.67. The number of hydrogen-bond donors (Lipinski definition) is 1. The molecule has 0 saturated heterocycles. The molecule has 0 aliphatic carbocycles. The van der Waals surface area contributed by atoms with Crippen LogP contribution in [0.4, 0.5) is 5.69 Å². The Morgan fingerprint density at radius 1 is 1.26 bits per heavy atom. The van der Waals surface area contributed by atoms with Gasteiger partial charge in [0.1, 0.15) is 0 Å². The number of benzene rings is 1. The number of nitrogens with zero attached hydrogens (tertiary/aromatic N) is 2. The summed E-state index contributed by atoms with van der Waals surface area (Å²) in [7, 11) is 4.04. The topological polar surface area (TPSA) is 43.8 Å². The zero-order valence-corrected chi connectivity index (χ0v) is 13.3. The minimum absolute atomic E-state index is 0.349. The van der Waals surface area contributed by atoms with Crippen LogP contribution in [0.15, 0.2) is 22.7 Å². The smallest absolute Gasteiger partial charge is 0.337 e. The maximum atomic E-state index is 11.4. The molecule has 0 amide bonds. The third kappa shape index (κ3) is 4.84. The van der Waals surface area contributed by atoms with Crippen LogP contribution >= 0.6 is 15.9 Å². The van der Waals surface area contributed by atoms with Crippen molar-refractivity contribution >= 4 is 27.6 Å². The van der Waals surface area contributed by atoms with Crippen molar-refractivity contribution in [3.05, 3.63) is 28.2 Å². The van der Waals surface area contributed by atoms with Crippen molar-refractivity contribution in [3.8, 4) is 0 Å². The Morgan fingerprint density at radius 2 is 1.95 bits per heavy atom. The van der Waals surface area contributed by atoms with Crippen LogP contribution in [-0.2, 0) is 0 Å². The second-order valence-electron chi connectivity index (χ2n) is 4.76. The number of halogens is 1. The normalized spacial score (nSPS) is 10.8. The Balaban J connectivity index is 3.03. The first-order valence-corrected chi connectivity index (χ1v) is 7.17. The summed E-state index contributed by atoms with van der Waals surface area (Å²) in [6, 6.07) is 5.43.